The van der Waals surface area contributed by atoms with E-state index in [1.807, 2.05) is 33.8 Å². The zero-order valence-electron chi connectivity index (χ0n) is 31.4. The van der Waals surface area contributed by atoms with Gasteiger partial charge in [-0.05, 0) is 84.0 Å². The standard InChI is InChI=1S/C38H66N2O9/c1-10-32-29(21-41)16-22(2)11-12-30(42)25(5)17-28(13-14-40-19-23(3)15-24(4)20-40)37(26(6)31(43)18-33(44)48-32)49-38-36(46)34(39(8)9)35(45)27(7)47-38/h11-12,16,23-29,31-32,34-38,41,43,45-46H,10,13-15,17-21H2,1-9H3/b12-11+,22-16+/t23-,24+,25-,26+,27-,28+,29-,31-,32?,34+,35-,36-,37-,38+/m1/s1. The number of carbonyl (C=O) groups is 2. The molecular formula is C38H66N2O9. The van der Waals surface area contributed by atoms with E-state index in [1.54, 1.807) is 38.1 Å². The number of carbonyl (C=O) groups excluding carboxylic acids is 2. The first-order valence-electron chi connectivity index (χ1n) is 18.5. The highest BCUT2D eigenvalue weighted by molar-refractivity contribution is 5.91. The Morgan fingerprint density at radius 3 is 2.22 bits per heavy atom. The summed E-state index contributed by atoms with van der Waals surface area (Å²) in [5.41, 5.74) is 0.774. The summed E-state index contributed by atoms with van der Waals surface area (Å²) in [5.74, 6) is -1.20. The summed E-state index contributed by atoms with van der Waals surface area (Å²) >= 11 is 0. The molecule has 0 bridgehead atoms. The van der Waals surface area contributed by atoms with Crippen molar-refractivity contribution >= 4 is 11.8 Å². The van der Waals surface area contributed by atoms with Crippen LogP contribution in [0.4, 0.5) is 0 Å². The van der Waals surface area contributed by atoms with Crippen molar-refractivity contribution in [2.24, 2.45) is 35.5 Å². The third kappa shape index (κ3) is 11.7. The van der Waals surface area contributed by atoms with E-state index in [1.165, 1.54) is 6.42 Å². The van der Waals surface area contributed by atoms with Gasteiger partial charge in [0.15, 0.2) is 12.1 Å². The SMILES string of the molecule is CCC1OC(=O)C[C@@H](O)[C@H](C)[C@@H](O[C@@H]2O[C@H](C)[C@@H](O)[C@H](N(C)C)[C@H]2O)[C@@H](CCN2C[C@H](C)C[C@H](C)C2)C[C@@H](C)C(=O)/C=C/C(C)=C/[C@@H]1CO. The van der Waals surface area contributed by atoms with Crippen molar-refractivity contribution in [2.45, 2.75) is 130 Å². The maximum Gasteiger partial charge on any atom is 0.308 e. The maximum absolute atomic E-state index is 13.6. The molecule has 3 rings (SSSR count). The highest BCUT2D eigenvalue weighted by atomic mass is 16.7. The topological polar surface area (TPSA) is 149 Å². The Morgan fingerprint density at radius 1 is 0.980 bits per heavy atom. The number of hydrogen-bond donors (Lipinski definition) is 4. The van der Waals surface area contributed by atoms with Crippen LogP contribution in [-0.4, -0.2) is 131 Å². The molecule has 49 heavy (non-hydrogen) atoms. The van der Waals surface area contributed by atoms with E-state index < -0.39 is 66.8 Å². The van der Waals surface area contributed by atoms with E-state index in [0.717, 1.165) is 25.2 Å². The van der Waals surface area contributed by atoms with Gasteiger partial charge in [0.2, 0.25) is 0 Å². The number of ketones is 1. The molecule has 2 fully saturated rings. The number of ether oxygens (including phenoxy) is 3. The number of likely N-dealkylation sites (N-methyl/N-ethyl adjacent to an activating group) is 1. The van der Waals surface area contributed by atoms with E-state index in [2.05, 4.69) is 18.7 Å². The lowest BCUT2D eigenvalue weighted by Crippen LogP contribution is -2.63. The minimum absolute atomic E-state index is 0.0469. The summed E-state index contributed by atoms with van der Waals surface area (Å²) in [4.78, 5) is 31.0. The number of allylic oxidation sites excluding steroid dienone is 3. The first-order chi connectivity index (χ1) is 23.1. The molecule has 1 unspecified atom stereocenters. The van der Waals surface area contributed by atoms with Gasteiger partial charge in [-0.2, -0.15) is 0 Å². The predicted molar refractivity (Wildman–Crippen MR) is 188 cm³/mol. The molecule has 0 aromatic carbocycles. The number of aliphatic hydroxyl groups excluding tert-OH is 4. The molecule has 0 saturated carbocycles. The van der Waals surface area contributed by atoms with Crippen LogP contribution in [0.25, 0.3) is 0 Å². The van der Waals surface area contributed by atoms with Crippen molar-refractivity contribution in [3.8, 4) is 0 Å². The lowest BCUT2D eigenvalue weighted by atomic mass is 9.79. The van der Waals surface area contributed by atoms with E-state index in [0.29, 0.717) is 31.1 Å². The number of likely N-dealkylation sites (tertiary alicyclic amines) is 1. The van der Waals surface area contributed by atoms with Crippen LogP contribution in [0.2, 0.25) is 0 Å². The Bertz CT molecular complexity index is 1100. The molecule has 0 spiro atoms. The summed E-state index contributed by atoms with van der Waals surface area (Å²) < 4.78 is 18.6. The Labute approximate surface area is 294 Å². The fraction of sp³-hybridized carbons (Fsp3) is 0.842. The molecule has 0 radical (unpaired) electrons. The zero-order valence-corrected chi connectivity index (χ0v) is 31.4. The average Bonchev–Trinajstić information content (AvgIpc) is 3.03. The van der Waals surface area contributed by atoms with E-state index in [-0.39, 0.29) is 30.6 Å². The fourth-order valence-corrected chi connectivity index (χ4v) is 8.18. The van der Waals surface area contributed by atoms with Gasteiger partial charge in [0, 0.05) is 30.8 Å². The van der Waals surface area contributed by atoms with Gasteiger partial charge in [-0.1, -0.05) is 52.3 Å². The largest absolute Gasteiger partial charge is 0.462 e. The summed E-state index contributed by atoms with van der Waals surface area (Å²) in [6.45, 7) is 16.2. The van der Waals surface area contributed by atoms with E-state index in [9.17, 15) is 30.0 Å². The molecule has 3 aliphatic heterocycles. The Balaban J connectivity index is 2.04. The lowest BCUT2D eigenvalue weighted by molar-refractivity contribution is -0.304. The summed E-state index contributed by atoms with van der Waals surface area (Å²) in [7, 11) is 3.56. The van der Waals surface area contributed by atoms with Gasteiger partial charge in [-0.15, -0.1) is 0 Å². The third-order valence-electron chi connectivity index (χ3n) is 10.9. The quantitative estimate of drug-likeness (QED) is 0.278. The van der Waals surface area contributed by atoms with Gasteiger partial charge in [-0.25, -0.2) is 0 Å². The molecular weight excluding hydrogens is 628 g/mol. The first kappa shape index (κ1) is 41.7. The predicted octanol–water partition coefficient (Wildman–Crippen LogP) is 3.18. The van der Waals surface area contributed by atoms with Crippen molar-refractivity contribution in [3.05, 3.63) is 23.8 Å². The second kappa shape index (κ2) is 19.2. The Hall–Kier alpha value is -1.70. The van der Waals surface area contributed by atoms with Gasteiger partial charge < -0.3 is 44.4 Å². The van der Waals surface area contributed by atoms with Crippen LogP contribution in [-0.2, 0) is 23.8 Å². The average molecular weight is 695 g/mol. The number of esters is 1. The number of rotatable bonds is 8. The minimum Gasteiger partial charge on any atom is -0.462 e. The first-order valence-corrected chi connectivity index (χ1v) is 18.5. The van der Waals surface area contributed by atoms with Crippen LogP contribution in [0.5, 0.6) is 0 Å². The van der Waals surface area contributed by atoms with Gasteiger partial charge in [0.1, 0.15) is 12.2 Å². The van der Waals surface area contributed by atoms with Crippen molar-refractivity contribution < 1.29 is 44.2 Å². The normalized spacial score (nSPS) is 42.8. The number of aliphatic hydroxyl groups is 4. The second-order valence-corrected chi connectivity index (χ2v) is 15.7. The molecule has 14 atom stereocenters. The Kier molecular flexibility index (Phi) is 16.4. The number of nitrogens with zero attached hydrogens (tertiary/aromatic N) is 2. The van der Waals surface area contributed by atoms with Crippen LogP contribution in [0, 0.1) is 35.5 Å². The molecule has 11 heteroatoms. The van der Waals surface area contributed by atoms with Gasteiger partial charge in [0.05, 0.1) is 43.5 Å². The molecule has 11 nitrogen and oxygen atoms in total. The van der Waals surface area contributed by atoms with Crippen molar-refractivity contribution in [2.75, 3.05) is 40.3 Å². The Morgan fingerprint density at radius 2 is 1.63 bits per heavy atom. The van der Waals surface area contributed by atoms with Crippen molar-refractivity contribution in [1.82, 2.24) is 9.80 Å². The number of hydrogen-bond acceptors (Lipinski definition) is 11. The molecule has 3 aliphatic rings. The molecule has 2 saturated heterocycles. The van der Waals surface area contributed by atoms with E-state index >= 15 is 0 Å². The van der Waals surface area contributed by atoms with Crippen LogP contribution < -0.4 is 0 Å². The summed E-state index contributed by atoms with van der Waals surface area (Å²) in [6.07, 6.45) is 1.23. The number of piperidine rings is 1. The second-order valence-electron chi connectivity index (χ2n) is 15.7. The van der Waals surface area contributed by atoms with Crippen LogP contribution >= 0.6 is 0 Å². The molecule has 0 aromatic rings. The maximum atomic E-state index is 13.6. The molecule has 3 heterocycles. The smallest absolute Gasteiger partial charge is 0.308 e. The third-order valence-corrected chi connectivity index (χ3v) is 10.9. The van der Waals surface area contributed by atoms with E-state index in [4.69, 9.17) is 14.2 Å². The molecule has 0 amide bonds. The van der Waals surface area contributed by atoms with Crippen LogP contribution in [0.1, 0.15) is 80.6 Å². The summed E-state index contributed by atoms with van der Waals surface area (Å²) in [5, 5.41) is 44.1. The molecule has 0 aliphatic carbocycles. The monoisotopic (exact) mass is 694 g/mol. The van der Waals surface area contributed by atoms with Crippen LogP contribution in [0.15, 0.2) is 23.8 Å². The zero-order chi connectivity index (χ0) is 36.6. The van der Waals surface area contributed by atoms with Crippen molar-refractivity contribution in [3.63, 3.8) is 0 Å². The minimum atomic E-state index is -1.20. The van der Waals surface area contributed by atoms with Gasteiger partial charge >= 0.3 is 5.97 Å². The van der Waals surface area contributed by atoms with Crippen LogP contribution in [0.3, 0.4) is 0 Å². The highest BCUT2D eigenvalue weighted by Gasteiger charge is 2.47. The van der Waals surface area contributed by atoms with Gasteiger partial charge in [-0.3, -0.25) is 9.59 Å². The summed E-state index contributed by atoms with van der Waals surface area (Å²) in [6, 6.07) is -0.655. The number of cyclic esters (lactones) is 1. The molecule has 0 aromatic heterocycles. The highest BCUT2D eigenvalue weighted by Crippen LogP contribution is 2.35. The lowest BCUT2D eigenvalue weighted by Gasteiger charge is -2.47. The molecule has 282 valence electrons. The van der Waals surface area contributed by atoms with Gasteiger partial charge in [0.25, 0.3) is 0 Å². The molecule has 4 N–H and O–H groups in total. The fourth-order valence-electron chi connectivity index (χ4n) is 8.18. The van der Waals surface area contributed by atoms with Crippen molar-refractivity contribution in [1.29, 1.82) is 0 Å².